The van der Waals surface area contributed by atoms with Gasteiger partial charge in [-0.05, 0) is 29.9 Å². The van der Waals surface area contributed by atoms with E-state index in [9.17, 15) is 0 Å². The first-order valence-electron chi connectivity index (χ1n) is 5.04. The molecule has 0 aliphatic carbocycles. The van der Waals surface area contributed by atoms with Gasteiger partial charge >= 0.3 is 0 Å². The zero-order valence-electron chi connectivity index (χ0n) is 9.44. The van der Waals surface area contributed by atoms with Gasteiger partial charge < -0.3 is 10.1 Å². The van der Waals surface area contributed by atoms with E-state index in [1.165, 1.54) is 0 Å². The van der Waals surface area contributed by atoms with Crippen LogP contribution in [0.25, 0.3) is 0 Å². The fourth-order valence-electron chi connectivity index (χ4n) is 1.06. The van der Waals surface area contributed by atoms with Crippen molar-refractivity contribution in [3.63, 3.8) is 0 Å². The van der Waals surface area contributed by atoms with Crippen LogP contribution in [0.3, 0.4) is 0 Å². The fraction of sp³-hybridized carbons (Fsp3) is 0.273. The standard InChI is InChI=1S/C11H14ClN3OS/c1-16-6-5-13-11(17)15-14-8-9-3-2-4-10(12)7-9/h2-4,7-8H,5-6H2,1H3,(H2,13,15,17)/b14-8-. The van der Waals surface area contributed by atoms with Gasteiger partial charge in [0, 0.05) is 18.7 Å². The van der Waals surface area contributed by atoms with E-state index in [0.717, 1.165) is 5.56 Å². The van der Waals surface area contributed by atoms with Gasteiger partial charge in [0.2, 0.25) is 0 Å². The zero-order valence-corrected chi connectivity index (χ0v) is 11.0. The molecule has 92 valence electrons. The van der Waals surface area contributed by atoms with Crippen molar-refractivity contribution in [3.05, 3.63) is 34.9 Å². The molecule has 0 aromatic heterocycles. The van der Waals surface area contributed by atoms with E-state index < -0.39 is 0 Å². The summed E-state index contributed by atoms with van der Waals surface area (Å²) in [5, 5.41) is 8.05. The van der Waals surface area contributed by atoms with Crippen LogP contribution >= 0.6 is 23.8 Å². The second-order valence-corrected chi connectivity index (χ2v) is 4.02. The van der Waals surface area contributed by atoms with Crippen LogP contribution in [0.5, 0.6) is 0 Å². The van der Waals surface area contributed by atoms with E-state index in [1.54, 1.807) is 13.3 Å². The Balaban J connectivity index is 2.32. The normalized spacial score (nSPS) is 10.5. The molecule has 0 aliphatic rings. The molecule has 17 heavy (non-hydrogen) atoms. The summed E-state index contributed by atoms with van der Waals surface area (Å²) >= 11 is 10.8. The van der Waals surface area contributed by atoms with Crippen LogP contribution in [0, 0.1) is 0 Å². The summed E-state index contributed by atoms with van der Waals surface area (Å²) in [5.41, 5.74) is 3.61. The highest BCUT2D eigenvalue weighted by atomic mass is 35.5. The second kappa shape index (κ2) is 8.00. The average molecular weight is 272 g/mol. The third kappa shape index (κ3) is 6.21. The smallest absolute Gasteiger partial charge is 0.187 e. The zero-order chi connectivity index (χ0) is 12.5. The Morgan fingerprint density at radius 3 is 3.12 bits per heavy atom. The molecule has 1 aromatic rings. The lowest BCUT2D eigenvalue weighted by molar-refractivity contribution is 0.204. The summed E-state index contributed by atoms with van der Waals surface area (Å²) < 4.78 is 4.88. The van der Waals surface area contributed by atoms with E-state index in [2.05, 4.69) is 15.8 Å². The molecule has 0 spiro atoms. The molecular formula is C11H14ClN3OS. The number of methoxy groups -OCH3 is 1. The number of ether oxygens (including phenoxy) is 1. The van der Waals surface area contributed by atoms with Crippen molar-refractivity contribution >= 4 is 35.1 Å². The van der Waals surface area contributed by atoms with Gasteiger partial charge in [-0.25, -0.2) is 0 Å². The molecule has 0 saturated heterocycles. The molecule has 4 nitrogen and oxygen atoms in total. The summed E-state index contributed by atoms with van der Waals surface area (Å²) in [5.74, 6) is 0. The number of nitrogens with one attached hydrogen (secondary N) is 2. The van der Waals surface area contributed by atoms with Crippen LogP contribution in [0.1, 0.15) is 5.56 Å². The minimum absolute atomic E-state index is 0.459. The van der Waals surface area contributed by atoms with E-state index in [4.69, 9.17) is 28.6 Å². The predicted octanol–water partition coefficient (Wildman–Crippen LogP) is 1.78. The Bertz CT molecular complexity index is 398. The van der Waals surface area contributed by atoms with Crippen molar-refractivity contribution < 1.29 is 4.74 Å². The highest BCUT2D eigenvalue weighted by Crippen LogP contribution is 2.08. The fourth-order valence-corrected chi connectivity index (χ4v) is 1.41. The molecule has 1 aromatic carbocycles. The van der Waals surface area contributed by atoms with Crippen molar-refractivity contribution in [3.8, 4) is 0 Å². The number of benzene rings is 1. The molecular weight excluding hydrogens is 258 g/mol. The first-order valence-corrected chi connectivity index (χ1v) is 5.82. The number of halogens is 1. The number of nitrogens with zero attached hydrogens (tertiary/aromatic N) is 1. The molecule has 6 heteroatoms. The summed E-state index contributed by atoms with van der Waals surface area (Å²) in [6.07, 6.45) is 1.65. The highest BCUT2D eigenvalue weighted by Gasteiger charge is 1.92. The van der Waals surface area contributed by atoms with Gasteiger partial charge in [0.25, 0.3) is 0 Å². The average Bonchev–Trinajstić information content (AvgIpc) is 2.29. The summed E-state index contributed by atoms with van der Waals surface area (Å²) in [6, 6.07) is 7.38. The number of hydrogen-bond acceptors (Lipinski definition) is 3. The number of hydrogen-bond donors (Lipinski definition) is 2. The van der Waals surface area contributed by atoms with Gasteiger partial charge in [-0.2, -0.15) is 5.10 Å². The maximum atomic E-state index is 5.84. The minimum atomic E-state index is 0.459. The van der Waals surface area contributed by atoms with Crippen molar-refractivity contribution in [1.29, 1.82) is 0 Å². The molecule has 0 saturated carbocycles. The molecule has 0 radical (unpaired) electrons. The molecule has 0 heterocycles. The SMILES string of the molecule is COCCNC(=S)N/N=C\c1cccc(Cl)c1. The molecule has 0 amide bonds. The summed E-state index contributed by atoms with van der Waals surface area (Å²) in [6.45, 7) is 1.24. The lowest BCUT2D eigenvalue weighted by atomic mass is 10.2. The minimum Gasteiger partial charge on any atom is -0.383 e. The van der Waals surface area contributed by atoms with E-state index in [0.29, 0.717) is 23.3 Å². The van der Waals surface area contributed by atoms with Gasteiger partial charge in [0.15, 0.2) is 5.11 Å². The van der Waals surface area contributed by atoms with Crippen LogP contribution in [0.2, 0.25) is 5.02 Å². The number of thiocarbonyl (C=S) groups is 1. The van der Waals surface area contributed by atoms with Gasteiger partial charge in [-0.1, -0.05) is 23.7 Å². The first kappa shape index (κ1) is 13.9. The topological polar surface area (TPSA) is 45.6 Å². The first-order chi connectivity index (χ1) is 8.22. The maximum Gasteiger partial charge on any atom is 0.187 e. The number of hydrazone groups is 1. The lowest BCUT2D eigenvalue weighted by Gasteiger charge is -2.05. The van der Waals surface area contributed by atoms with E-state index in [1.807, 2.05) is 24.3 Å². The van der Waals surface area contributed by atoms with Gasteiger partial charge in [0.05, 0.1) is 12.8 Å². The van der Waals surface area contributed by atoms with Crippen LogP contribution < -0.4 is 10.7 Å². The molecule has 0 fully saturated rings. The van der Waals surface area contributed by atoms with Gasteiger partial charge in [-0.3, -0.25) is 5.43 Å². The molecule has 0 aliphatic heterocycles. The van der Waals surface area contributed by atoms with Crippen LogP contribution in [-0.2, 0) is 4.74 Å². The predicted molar refractivity (Wildman–Crippen MR) is 74.7 cm³/mol. The van der Waals surface area contributed by atoms with Gasteiger partial charge in [0.1, 0.15) is 0 Å². The summed E-state index contributed by atoms with van der Waals surface area (Å²) in [4.78, 5) is 0. The van der Waals surface area contributed by atoms with E-state index in [-0.39, 0.29) is 0 Å². The molecule has 0 unspecified atom stereocenters. The Morgan fingerprint density at radius 1 is 1.59 bits per heavy atom. The van der Waals surface area contributed by atoms with Gasteiger partial charge in [-0.15, -0.1) is 0 Å². The Morgan fingerprint density at radius 2 is 2.41 bits per heavy atom. The molecule has 0 bridgehead atoms. The Hall–Kier alpha value is -1.17. The van der Waals surface area contributed by atoms with Crippen molar-refractivity contribution in [2.75, 3.05) is 20.3 Å². The largest absolute Gasteiger partial charge is 0.383 e. The van der Waals surface area contributed by atoms with Crippen molar-refractivity contribution in [1.82, 2.24) is 10.7 Å². The Kier molecular flexibility index (Phi) is 6.54. The highest BCUT2D eigenvalue weighted by molar-refractivity contribution is 7.80. The third-order valence-electron chi connectivity index (χ3n) is 1.82. The van der Waals surface area contributed by atoms with Crippen molar-refractivity contribution in [2.24, 2.45) is 5.10 Å². The molecule has 2 N–H and O–H groups in total. The number of rotatable bonds is 5. The maximum absolute atomic E-state index is 5.84. The van der Waals surface area contributed by atoms with Crippen LogP contribution in [-0.4, -0.2) is 31.6 Å². The summed E-state index contributed by atoms with van der Waals surface area (Å²) in [7, 11) is 1.63. The monoisotopic (exact) mass is 271 g/mol. The molecule has 0 atom stereocenters. The Labute approximate surface area is 111 Å². The molecule has 1 rings (SSSR count). The second-order valence-electron chi connectivity index (χ2n) is 3.17. The quantitative estimate of drug-likeness (QED) is 0.371. The van der Waals surface area contributed by atoms with Crippen LogP contribution in [0.4, 0.5) is 0 Å². The van der Waals surface area contributed by atoms with E-state index >= 15 is 0 Å². The third-order valence-corrected chi connectivity index (χ3v) is 2.29. The van der Waals surface area contributed by atoms with Crippen LogP contribution in [0.15, 0.2) is 29.4 Å². The van der Waals surface area contributed by atoms with Crippen molar-refractivity contribution in [2.45, 2.75) is 0 Å². The lowest BCUT2D eigenvalue weighted by Crippen LogP contribution is -2.34.